The molecule has 2 atom stereocenters. The molecule has 15 heavy (non-hydrogen) atoms. The van der Waals surface area contributed by atoms with Crippen LogP contribution in [0.25, 0.3) is 0 Å². The maximum Gasteiger partial charge on any atom is 0.109 e. The monoisotopic (exact) mass is 225 g/mol. The minimum atomic E-state index is 0.465. The Morgan fingerprint density at radius 1 is 1.67 bits per heavy atom. The summed E-state index contributed by atoms with van der Waals surface area (Å²) >= 11 is 1.76. The van der Waals surface area contributed by atoms with Gasteiger partial charge in [0.1, 0.15) is 5.01 Å². The van der Waals surface area contributed by atoms with Crippen LogP contribution in [0.1, 0.15) is 31.3 Å². The maximum atomic E-state index is 4.40. The molecule has 1 saturated heterocycles. The zero-order chi connectivity index (χ0) is 10.7. The predicted octanol–water partition coefficient (Wildman–Crippen LogP) is 1.89. The van der Waals surface area contributed by atoms with Crippen molar-refractivity contribution in [3.05, 3.63) is 16.6 Å². The molecule has 2 unspecified atom stereocenters. The van der Waals surface area contributed by atoms with Crippen LogP contribution in [0.5, 0.6) is 0 Å². The maximum absolute atomic E-state index is 4.40. The Labute approximate surface area is 95.5 Å². The molecule has 1 aromatic heterocycles. The van der Waals surface area contributed by atoms with E-state index < -0.39 is 0 Å². The highest BCUT2D eigenvalue weighted by Gasteiger charge is 2.21. The highest BCUT2D eigenvalue weighted by Crippen LogP contribution is 2.23. The van der Waals surface area contributed by atoms with Gasteiger partial charge in [0.15, 0.2) is 0 Å². The normalized spacial score (nSPS) is 26.1. The lowest BCUT2D eigenvalue weighted by molar-refractivity contribution is 0.210. The number of nitrogens with zero attached hydrogens (tertiary/aromatic N) is 2. The summed E-state index contributed by atoms with van der Waals surface area (Å²) in [7, 11) is 0. The van der Waals surface area contributed by atoms with E-state index in [9.17, 15) is 0 Å². The van der Waals surface area contributed by atoms with Crippen LogP contribution >= 0.6 is 11.3 Å². The molecule has 0 saturated carbocycles. The molecule has 1 fully saturated rings. The minimum Gasteiger partial charge on any atom is -0.313 e. The van der Waals surface area contributed by atoms with Gasteiger partial charge in [-0.1, -0.05) is 0 Å². The van der Waals surface area contributed by atoms with Crippen molar-refractivity contribution < 1.29 is 0 Å². The molecule has 2 heterocycles. The molecular formula is C11H19N3S. The topological polar surface area (TPSA) is 28.2 Å². The Bertz CT molecular complexity index is 286. The summed E-state index contributed by atoms with van der Waals surface area (Å²) in [5.41, 5.74) is 0. The summed E-state index contributed by atoms with van der Waals surface area (Å²) in [6, 6.07) is 1.06. The minimum absolute atomic E-state index is 0.465. The molecule has 0 aromatic carbocycles. The standard InChI is InChI=1S/C11H19N3S/c1-9-8-14(6-3-4-12-9)10(2)11-13-5-7-15-11/h5,7,9-10,12H,3-4,6,8H2,1-2H3. The zero-order valence-corrected chi connectivity index (χ0v) is 10.3. The Hall–Kier alpha value is -0.450. The number of thiazole rings is 1. The molecule has 84 valence electrons. The van der Waals surface area contributed by atoms with E-state index in [0.717, 1.165) is 13.1 Å². The van der Waals surface area contributed by atoms with Crippen molar-refractivity contribution in [1.29, 1.82) is 0 Å². The van der Waals surface area contributed by atoms with Crippen LogP contribution in [0.4, 0.5) is 0 Å². The van der Waals surface area contributed by atoms with Crippen LogP contribution in [-0.2, 0) is 0 Å². The molecule has 1 aromatic rings. The molecule has 1 aliphatic rings. The van der Waals surface area contributed by atoms with E-state index >= 15 is 0 Å². The van der Waals surface area contributed by atoms with Crippen molar-refractivity contribution in [3.8, 4) is 0 Å². The van der Waals surface area contributed by atoms with E-state index in [4.69, 9.17) is 0 Å². The van der Waals surface area contributed by atoms with Gasteiger partial charge in [0.2, 0.25) is 0 Å². The Morgan fingerprint density at radius 2 is 2.53 bits per heavy atom. The van der Waals surface area contributed by atoms with E-state index in [-0.39, 0.29) is 0 Å². The Kier molecular flexibility index (Phi) is 3.72. The fourth-order valence-corrected chi connectivity index (χ4v) is 2.82. The zero-order valence-electron chi connectivity index (χ0n) is 9.44. The third kappa shape index (κ3) is 2.77. The molecule has 2 rings (SSSR count). The van der Waals surface area contributed by atoms with Gasteiger partial charge in [-0.15, -0.1) is 11.3 Å². The van der Waals surface area contributed by atoms with Gasteiger partial charge in [0.25, 0.3) is 0 Å². The molecule has 1 aliphatic heterocycles. The van der Waals surface area contributed by atoms with Crippen LogP contribution in [0, 0.1) is 0 Å². The second-order valence-electron chi connectivity index (χ2n) is 4.25. The quantitative estimate of drug-likeness (QED) is 0.833. The van der Waals surface area contributed by atoms with Crippen molar-refractivity contribution in [2.24, 2.45) is 0 Å². The van der Waals surface area contributed by atoms with Gasteiger partial charge in [0.05, 0.1) is 6.04 Å². The SMILES string of the molecule is CC1CN(C(C)c2nccs2)CCCN1. The summed E-state index contributed by atoms with van der Waals surface area (Å²) in [5.74, 6) is 0. The van der Waals surface area contributed by atoms with E-state index in [1.54, 1.807) is 11.3 Å². The molecule has 0 aliphatic carbocycles. The molecule has 0 spiro atoms. The van der Waals surface area contributed by atoms with Crippen LogP contribution in [0.2, 0.25) is 0 Å². The van der Waals surface area contributed by atoms with Gasteiger partial charge in [0, 0.05) is 30.7 Å². The van der Waals surface area contributed by atoms with Crippen molar-refractivity contribution >= 4 is 11.3 Å². The fourth-order valence-electron chi connectivity index (χ4n) is 2.09. The number of aromatic nitrogens is 1. The third-order valence-electron chi connectivity index (χ3n) is 2.98. The Morgan fingerprint density at radius 3 is 3.27 bits per heavy atom. The molecule has 0 bridgehead atoms. The van der Waals surface area contributed by atoms with Crippen LogP contribution in [0.15, 0.2) is 11.6 Å². The molecule has 0 amide bonds. The second kappa shape index (κ2) is 5.05. The van der Waals surface area contributed by atoms with Crippen LogP contribution in [0.3, 0.4) is 0 Å². The third-order valence-corrected chi connectivity index (χ3v) is 3.93. The number of nitrogens with one attached hydrogen (secondary N) is 1. The lowest BCUT2D eigenvalue weighted by Crippen LogP contribution is -2.36. The number of rotatable bonds is 2. The van der Waals surface area contributed by atoms with Crippen molar-refractivity contribution in [3.63, 3.8) is 0 Å². The average Bonchev–Trinajstić information content (AvgIpc) is 2.67. The van der Waals surface area contributed by atoms with E-state index in [0.29, 0.717) is 12.1 Å². The van der Waals surface area contributed by atoms with Gasteiger partial charge in [-0.05, 0) is 26.8 Å². The average molecular weight is 225 g/mol. The van der Waals surface area contributed by atoms with E-state index in [1.807, 2.05) is 6.20 Å². The molecular weight excluding hydrogens is 206 g/mol. The van der Waals surface area contributed by atoms with Crippen molar-refractivity contribution in [2.75, 3.05) is 19.6 Å². The van der Waals surface area contributed by atoms with Gasteiger partial charge in [-0.2, -0.15) is 0 Å². The van der Waals surface area contributed by atoms with Crippen molar-refractivity contribution in [1.82, 2.24) is 15.2 Å². The number of hydrogen-bond donors (Lipinski definition) is 1. The summed E-state index contributed by atoms with van der Waals surface area (Å²) in [6.45, 7) is 7.96. The summed E-state index contributed by atoms with van der Waals surface area (Å²) in [4.78, 5) is 6.93. The van der Waals surface area contributed by atoms with Gasteiger partial charge in [-0.25, -0.2) is 4.98 Å². The molecule has 3 nitrogen and oxygen atoms in total. The largest absolute Gasteiger partial charge is 0.313 e. The van der Waals surface area contributed by atoms with Gasteiger partial charge < -0.3 is 5.32 Å². The van der Waals surface area contributed by atoms with Gasteiger partial charge >= 0.3 is 0 Å². The molecule has 0 radical (unpaired) electrons. The lowest BCUT2D eigenvalue weighted by atomic mass is 10.2. The second-order valence-corrected chi connectivity index (χ2v) is 5.18. The van der Waals surface area contributed by atoms with E-state index in [2.05, 4.69) is 34.4 Å². The summed E-state index contributed by atoms with van der Waals surface area (Å²) in [5, 5.41) is 6.82. The highest BCUT2D eigenvalue weighted by molar-refractivity contribution is 7.09. The summed E-state index contributed by atoms with van der Waals surface area (Å²) in [6.07, 6.45) is 3.13. The highest BCUT2D eigenvalue weighted by atomic mass is 32.1. The fraction of sp³-hybridized carbons (Fsp3) is 0.727. The number of hydrogen-bond acceptors (Lipinski definition) is 4. The first-order chi connectivity index (χ1) is 7.27. The molecule has 4 heteroatoms. The Balaban J connectivity index is 2.02. The van der Waals surface area contributed by atoms with E-state index in [1.165, 1.54) is 18.0 Å². The van der Waals surface area contributed by atoms with Crippen LogP contribution < -0.4 is 5.32 Å². The first-order valence-electron chi connectivity index (χ1n) is 5.64. The molecule has 1 N–H and O–H groups in total. The van der Waals surface area contributed by atoms with Gasteiger partial charge in [-0.3, -0.25) is 4.90 Å². The first kappa shape index (κ1) is 11.0. The first-order valence-corrected chi connectivity index (χ1v) is 6.52. The smallest absolute Gasteiger partial charge is 0.109 e. The van der Waals surface area contributed by atoms with Crippen molar-refractivity contribution in [2.45, 2.75) is 32.4 Å². The summed E-state index contributed by atoms with van der Waals surface area (Å²) < 4.78 is 0. The van der Waals surface area contributed by atoms with Crippen LogP contribution in [-0.4, -0.2) is 35.6 Å². The lowest BCUT2D eigenvalue weighted by Gasteiger charge is -2.27. The predicted molar refractivity (Wildman–Crippen MR) is 64.2 cm³/mol.